The van der Waals surface area contributed by atoms with Crippen LogP contribution in [0.2, 0.25) is 0 Å². The Kier molecular flexibility index (Phi) is 6.64. The van der Waals surface area contributed by atoms with Crippen LogP contribution in [0.15, 0.2) is 34.4 Å². The van der Waals surface area contributed by atoms with Gasteiger partial charge >= 0.3 is 5.97 Å². The van der Waals surface area contributed by atoms with Gasteiger partial charge in [0.25, 0.3) is 5.56 Å². The summed E-state index contributed by atoms with van der Waals surface area (Å²) in [5, 5.41) is 9.54. The first-order valence-corrected chi connectivity index (χ1v) is 11.6. The van der Waals surface area contributed by atoms with Crippen molar-refractivity contribution in [2.75, 3.05) is 11.9 Å². The van der Waals surface area contributed by atoms with Crippen LogP contribution in [0.3, 0.4) is 0 Å². The molecule has 1 aliphatic carbocycles. The second-order valence-corrected chi connectivity index (χ2v) is 8.73. The number of hydrogen-bond acceptors (Lipinski definition) is 6. The van der Waals surface area contributed by atoms with Crippen LogP contribution in [0.1, 0.15) is 55.9 Å². The second kappa shape index (κ2) is 9.60. The van der Waals surface area contributed by atoms with Crippen LogP contribution in [0.25, 0.3) is 16.5 Å². The van der Waals surface area contributed by atoms with Gasteiger partial charge in [-0.1, -0.05) is 25.7 Å². The lowest BCUT2D eigenvalue weighted by molar-refractivity contribution is -0.116. The smallest absolute Gasteiger partial charge is 0.359 e. The topological polar surface area (TPSA) is 90.3 Å². The quantitative estimate of drug-likeness (QED) is 0.521. The van der Waals surface area contributed by atoms with Gasteiger partial charge < -0.3 is 10.1 Å². The molecule has 0 saturated heterocycles. The lowest BCUT2D eigenvalue weighted by atomic mass is 10.0. The first-order chi connectivity index (χ1) is 15.5. The van der Waals surface area contributed by atoms with Crippen LogP contribution < -0.4 is 10.9 Å². The molecule has 0 radical (unpaired) electrons. The van der Waals surface area contributed by atoms with Crippen molar-refractivity contribution in [3.63, 3.8) is 0 Å². The maximum atomic E-state index is 13.4. The van der Waals surface area contributed by atoms with E-state index in [9.17, 15) is 18.8 Å². The number of thiophene rings is 1. The summed E-state index contributed by atoms with van der Waals surface area (Å²) < 4.78 is 19.5. The standard InChI is InChI=1S/C23H24FN3O4S/c1-2-31-23(30)20-17-13-32-21(25-18(28)12-7-14-5-3-4-6-14)19(17)22(29)27(26-20)16-10-8-15(24)9-11-16/h8-11,13-14H,2-7,12H2,1H3,(H,25,28). The lowest BCUT2D eigenvalue weighted by Crippen LogP contribution is -2.25. The molecule has 0 unspecified atom stereocenters. The molecule has 1 fully saturated rings. The average Bonchev–Trinajstić information content (AvgIpc) is 3.44. The minimum absolute atomic E-state index is 0.0338. The van der Waals surface area contributed by atoms with Crippen molar-refractivity contribution < 1.29 is 18.7 Å². The van der Waals surface area contributed by atoms with E-state index >= 15 is 0 Å². The van der Waals surface area contributed by atoms with Crippen LogP contribution in [-0.4, -0.2) is 28.3 Å². The summed E-state index contributed by atoms with van der Waals surface area (Å²) >= 11 is 1.17. The predicted molar refractivity (Wildman–Crippen MR) is 121 cm³/mol. The molecule has 9 heteroatoms. The van der Waals surface area contributed by atoms with E-state index in [-0.39, 0.29) is 23.6 Å². The van der Waals surface area contributed by atoms with Gasteiger partial charge in [0.1, 0.15) is 10.8 Å². The van der Waals surface area contributed by atoms with Crippen LogP contribution >= 0.6 is 11.3 Å². The summed E-state index contributed by atoms with van der Waals surface area (Å²) in [5.41, 5.74) is -0.242. The Morgan fingerprint density at radius 3 is 2.66 bits per heavy atom. The maximum absolute atomic E-state index is 13.4. The highest BCUT2D eigenvalue weighted by atomic mass is 32.1. The molecule has 0 spiro atoms. The van der Waals surface area contributed by atoms with E-state index in [1.165, 1.54) is 48.4 Å². The van der Waals surface area contributed by atoms with Gasteiger partial charge in [-0.25, -0.2) is 9.18 Å². The molecule has 7 nitrogen and oxygen atoms in total. The third-order valence-corrected chi connectivity index (χ3v) is 6.60. The van der Waals surface area contributed by atoms with Gasteiger partial charge in [-0.05, 0) is 43.5 Å². The summed E-state index contributed by atoms with van der Waals surface area (Å²) in [6.45, 7) is 1.82. The Hall–Kier alpha value is -3.07. The fourth-order valence-corrected chi connectivity index (χ4v) is 5.03. The van der Waals surface area contributed by atoms with E-state index in [0.717, 1.165) is 23.9 Å². The maximum Gasteiger partial charge on any atom is 0.359 e. The third-order valence-electron chi connectivity index (χ3n) is 5.70. The number of halogens is 1. The minimum atomic E-state index is -0.676. The number of nitrogens with one attached hydrogen (secondary N) is 1. The number of esters is 1. The Labute approximate surface area is 188 Å². The summed E-state index contributed by atoms with van der Waals surface area (Å²) in [6, 6.07) is 5.21. The number of amides is 1. The average molecular weight is 458 g/mol. The van der Waals surface area contributed by atoms with Gasteiger partial charge in [-0.3, -0.25) is 9.59 Å². The zero-order valence-electron chi connectivity index (χ0n) is 17.7. The van der Waals surface area contributed by atoms with Crippen molar-refractivity contribution >= 4 is 39.0 Å². The molecule has 2 heterocycles. The lowest BCUT2D eigenvalue weighted by Gasteiger charge is -2.10. The molecule has 1 aromatic carbocycles. The van der Waals surface area contributed by atoms with E-state index in [1.54, 1.807) is 12.3 Å². The SMILES string of the molecule is CCOC(=O)c1nn(-c2ccc(F)cc2)c(=O)c2c(NC(=O)CCC3CCCC3)scc12. The van der Waals surface area contributed by atoms with Gasteiger partial charge in [0.05, 0.1) is 17.7 Å². The molecule has 0 bridgehead atoms. The molecule has 32 heavy (non-hydrogen) atoms. The predicted octanol–water partition coefficient (Wildman–Crippen LogP) is 4.67. The summed E-state index contributed by atoms with van der Waals surface area (Å²) in [7, 11) is 0. The van der Waals surface area contributed by atoms with Crippen molar-refractivity contribution in [3.05, 3.63) is 51.5 Å². The number of carbonyl (C=O) groups excluding carboxylic acids is 2. The molecule has 1 saturated carbocycles. The monoisotopic (exact) mass is 457 g/mol. The molecule has 1 amide bonds. The third kappa shape index (κ3) is 4.57. The summed E-state index contributed by atoms with van der Waals surface area (Å²) in [6.07, 6.45) is 5.96. The first-order valence-electron chi connectivity index (χ1n) is 10.8. The van der Waals surface area contributed by atoms with E-state index in [0.29, 0.717) is 28.4 Å². The summed E-state index contributed by atoms with van der Waals surface area (Å²) in [4.78, 5) is 38.4. The van der Waals surface area contributed by atoms with Crippen molar-refractivity contribution in [2.45, 2.75) is 45.4 Å². The van der Waals surface area contributed by atoms with E-state index in [4.69, 9.17) is 4.74 Å². The Morgan fingerprint density at radius 2 is 1.97 bits per heavy atom. The highest BCUT2D eigenvalue weighted by Gasteiger charge is 2.23. The van der Waals surface area contributed by atoms with E-state index < -0.39 is 17.3 Å². The molecule has 168 valence electrons. The van der Waals surface area contributed by atoms with Gasteiger partial charge in [0.2, 0.25) is 5.91 Å². The number of nitrogens with zero attached hydrogens (tertiary/aromatic N) is 2. The molecular formula is C23H24FN3O4S. The fraction of sp³-hybridized carbons (Fsp3) is 0.391. The number of ether oxygens (including phenoxy) is 1. The second-order valence-electron chi connectivity index (χ2n) is 7.85. The zero-order chi connectivity index (χ0) is 22.7. The Balaban J connectivity index is 1.72. The largest absolute Gasteiger partial charge is 0.461 e. The fourth-order valence-electron chi connectivity index (χ4n) is 4.07. The molecular weight excluding hydrogens is 433 g/mol. The van der Waals surface area contributed by atoms with E-state index in [1.807, 2.05) is 0 Å². The van der Waals surface area contributed by atoms with Gasteiger partial charge in [0.15, 0.2) is 5.69 Å². The van der Waals surface area contributed by atoms with Crippen LogP contribution in [0.4, 0.5) is 9.39 Å². The Morgan fingerprint density at radius 1 is 1.25 bits per heavy atom. The molecule has 2 aromatic heterocycles. The molecule has 0 aliphatic heterocycles. The molecule has 3 aromatic rings. The number of anilines is 1. The zero-order valence-corrected chi connectivity index (χ0v) is 18.5. The molecule has 4 rings (SSSR count). The molecule has 0 atom stereocenters. The highest BCUT2D eigenvalue weighted by Crippen LogP contribution is 2.32. The molecule has 1 N–H and O–H groups in total. The minimum Gasteiger partial charge on any atom is -0.461 e. The number of rotatable bonds is 7. The van der Waals surface area contributed by atoms with Gasteiger partial charge in [-0.15, -0.1) is 11.3 Å². The van der Waals surface area contributed by atoms with Crippen molar-refractivity contribution in [2.24, 2.45) is 5.92 Å². The van der Waals surface area contributed by atoms with Crippen molar-refractivity contribution in [3.8, 4) is 5.69 Å². The Bertz CT molecular complexity index is 1200. The summed E-state index contributed by atoms with van der Waals surface area (Å²) in [5.74, 6) is -0.719. The van der Waals surface area contributed by atoms with Gasteiger partial charge in [0, 0.05) is 17.2 Å². The van der Waals surface area contributed by atoms with Crippen LogP contribution in [0.5, 0.6) is 0 Å². The van der Waals surface area contributed by atoms with E-state index in [2.05, 4.69) is 10.4 Å². The number of aromatic nitrogens is 2. The van der Waals surface area contributed by atoms with Crippen molar-refractivity contribution in [1.29, 1.82) is 0 Å². The normalized spacial score (nSPS) is 14.1. The van der Waals surface area contributed by atoms with Crippen molar-refractivity contribution in [1.82, 2.24) is 9.78 Å². The highest BCUT2D eigenvalue weighted by molar-refractivity contribution is 7.16. The molecule has 1 aliphatic rings. The number of benzene rings is 1. The number of fused-ring (bicyclic) bond motifs is 1. The number of hydrogen-bond donors (Lipinski definition) is 1. The van der Waals surface area contributed by atoms with Crippen LogP contribution in [-0.2, 0) is 9.53 Å². The number of carbonyl (C=O) groups is 2. The van der Waals surface area contributed by atoms with Crippen LogP contribution in [0, 0.1) is 11.7 Å². The van der Waals surface area contributed by atoms with Gasteiger partial charge in [-0.2, -0.15) is 9.78 Å². The first kappa shape index (κ1) is 22.1.